The van der Waals surface area contributed by atoms with Crippen molar-refractivity contribution in [3.63, 3.8) is 0 Å². The number of carbonyl (C=O) groups excluding carboxylic acids is 2. The van der Waals surface area contributed by atoms with E-state index in [0.717, 1.165) is 6.26 Å². The fourth-order valence-electron chi connectivity index (χ4n) is 4.79. The van der Waals surface area contributed by atoms with Gasteiger partial charge in [-0.3, -0.25) is 9.59 Å². The van der Waals surface area contributed by atoms with E-state index < -0.39 is 33.6 Å². The number of hydrogen-bond acceptors (Lipinski definition) is 5. The fraction of sp³-hybridized carbons (Fsp3) is 0.233. The summed E-state index contributed by atoms with van der Waals surface area (Å²) < 4.78 is 37.6. The average molecular weight is 619 g/mol. The molecule has 1 aliphatic rings. The van der Waals surface area contributed by atoms with Crippen molar-refractivity contribution in [3.05, 3.63) is 104 Å². The molecule has 0 saturated heterocycles. The SMILES string of the molecule is CS(=O)(=O)c1cccc(C[C@H](NC(=O)c2c(Cl)cc3c(c2Cl)CCC(C(=O)/C=C/c2ccccc2F)C3)C(=O)O)c1. The van der Waals surface area contributed by atoms with E-state index >= 15 is 0 Å². The maximum absolute atomic E-state index is 13.9. The molecule has 214 valence electrons. The molecule has 3 aromatic rings. The highest BCUT2D eigenvalue weighted by Crippen LogP contribution is 2.37. The Morgan fingerprint density at radius 3 is 2.54 bits per heavy atom. The third kappa shape index (κ3) is 7.22. The van der Waals surface area contributed by atoms with Crippen molar-refractivity contribution in [2.24, 2.45) is 5.92 Å². The monoisotopic (exact) mass is 617 g/mol. The average Bonchev–Trinajstić information content (AvgIpc) is 2.91. The van der Waals surface area contributed by atoms with E-state index in [-0.39, 0.29) is 38.6 Å². The van der Waals surface area contributed by atoms with Crippen molar-refractivity contribution in [1.82, 2.24) is 5.32 Å². The number of nitrogens with one attached hydrogen (secondary N) is 1. The van der Waals surface area contributed by atoms with Crippen LogP contribution in [-0.2, 0) is 38.7 Å². The van der Waals surface area contributed by atoms with Crippen LogP contribution < -0.4 is 5.32 Å². The van der Waals surface area contributed by atoms with Crippen molar-refractivity contribution in [2.75, 3.05) is 6.26 Å². The van der Waals surface area contributed by atoms with E-state index in [0.29, 0.717) is 41.5 Å². The van der Waals surface area contributed by atoms with Crippen molar-refractivity contribution in [2.45, 2.75) is 36.6 Å². The van der Waals surface area contributed by atoms with E-state index in [9.17, 15) is 32.3 Å². The van der Waals surface area contributed by atoms with E-state index in [1.54, 1.807) is 30.3 Å². The number of hydrogen-bond donors (Lipinski definition) is 2. The van der Waals surface area contributed by atoms with Gasteiger partial charge in [0.1, 0.15) is 11.9 Å². The summed E-state index contributed by atoms with van der Waals surface area (Å²) in [5.74, 6) is -3.09. The van der Waals surface area contributed by atoms with Gasteiger partial charge in [0.05, 0.1) is 20.5 Å². The van der Waals surface area contributed by atoms with Crippen LogP contribution in [0.3, 0.4) is 0 Å². The van der Waals surface area contributed by atoms with Crippen LogP contribution in [0.15, 0.2) is 65.6 Å². The van der Waals surface area contributed by atoms with E-state index in [2.05, 4.69) is 5.32 Å². The number of halogens is 3. The molecule has 0 spiro atoms. The van der Waals surface area contributed by atoms with Gasteiger partial charge in [-0.15, -0.1) is 0 Å². The van der Waals surface area contributed by atoms with Crippen LogP contribution in [0.25, 0.3) is 6.08 Å². The Morgan fingerprint density at radius 2 is 1.85 bits per heavy atom. The second kappa shape index (κ2) is 12.5. The number of allylic oxidation sites excluding steroid dienone is 1. The Morgan fingerprint density at radius 1 is 1.12 bits per heavy atom. The first-order valence-corrected chi connectivity index (χ1v) is 15.3. The highest BCUT2D eigenvalue weighted by Gasteiger charge is 2.30. The summed E-state index contributed by atoms with van der Waals surface area (Å²) in [6.07, 6.45) is 4.83. The molecule has 11 heteroatoms. The maximum Gasteiger partial charge on any atom is 0.326 e. The minimum absolute atomic E-state index is 0.00413. The van der Waals surface area contributed by atoms with Crippen LogP contribution >= 0.6 is 23.2 Å². The molecule has 1 aliphatic carbocycles. The molecule has 0 radical (unpaired) electrons. The molecule has 41 heavy (non-hydrogen) atoms. The van der Waals surface area contributed by atoms with Crippen LogP contribution in [0.5, 0.6) is 0 Å². The molecule has 2 atom stereocenters. The molecule has 0 saturated carbocycles. The second-order valence-corrected chi connectivity index (χ2v) is 12.7. The van der Waals surface area contributed by atoms with Gasteiger partial charge in [0.15, 0.2) is 15.6 Å². The zero-order valence-corrected chi connectivity index (χ0v) is 24.2. The molecule has 0 aromatic heterocycles. The molecule has 0 aliphatic heterocycles. The van der Waals surface area contributed by atoms with Crippen LogP contribution in [-0.4, -0.2) is 43.5 Å². The normalized spacial score (nSPS) is 15.8. The molecule has 1 unspecified atom stereocenters. The molecular formula is C30H26Cl2FNO6S. The Hall–Kier alpha value is -3.53. The number of carboxylic acid groups (broad SMARTS) is 1. The zero-order valence-electron chi connectivity index (χ0n) is 21.9. The lowest BCUT2D eigenvalue weighted by Gasteiger charge is -2.25. The van der Waals surface area contributed by atoms with E-state index in [4.69, 9.17) is 23.2 Å². The first-order valence-electron chi connectivity index (χ1n) is 12.6. The number of sulfone groups is 1. The van der Waals surface area contributed by atoms with Gasteiger partial charge in [0.25, 0.3) is 5.91 Å². The van der Waals surface area contributed by atoms with Crippen LogP contribution in [0.2, 0.25) is 10.0 Å². The van der Waals surface area contributed by atoms with E-state index in [1.807, 2.05) is 0 Å². The molecule has 0 fully saturated rings. The standard InChI is InChI=1S/C30H26Cl2FNO6S/c1-41(39,40)21-7-4-5-17(13-21)14-25(30(37)38)34-29(36)27-23(31)16-20-15-19(9-11-22(20)28(27)32)26(35)12-10-18-6-2-3-8-24(18)33/h2-8,10,12-13,16,19,25H,9,11,14-15H2,1H3,(H,34,36)(H,37,38)/b12-10+/t19?,25-/m0/s1. The Balaban J connectivity index is 1.51. The lowest BCUT2D eigenvalue weighted by atomic mass is 9.80. The Bertz CT molecular complexity index is 1670. The first kappa shape index (κ1) is 30.4. The summed E-state index contributed by atoms with van der Waals surface area (Å²) >= 11 is 13.0. The smallest absolute Gasteiger partial charge is 0.326 e. The summed E-state index contributed by atoms with van der Waals surface area (Å²) in [5, 5.41) is 12.3. The van der Waals surface area contributed by atoms with Gasteiger partial charge in [-0.25, -0.2) is 17.6 Å². The highest BCUT2D eigenvalue weighted by molar-refractivity contribution is 7.90. The fourth-order valence-corrected chi connectivity index (χ4v) is 6.24. The van der Waals surface area contributed by atoms with Crippen molar-refractivity contribution >= 4 is 56.8 Å². The summed E-state index contributed by atoms with van der Waals surface area (Å²) in [6, 6.07) is 12.1. The molecule has 0 bridgehead atoms. The molecule has 0 heterocycles. The van der Waals surface area contributed by atoms with Crippen LogP contribution in [0.4, 0.5) is 4.39 Å². The number of carboxylic acids is 1. The third-order valence-corrected chi connectivity index (χ3v) is 8.78. The van der Waals surface area contributed by atoms with Gasteiger partial charge >= 0.3 is 5.97 Å². The summed E-state index contributed by atoms with van der Waals surface area (Å²) in [5.41, 5.74) is 1.99. The quantitative estimate of drug-likeness (QED) is 0.313. The third-order valence-electron chi connectivity index (χ3n) is 6.95. The summed E-state index contributed by atoms with van der Waals surface area (Å²) in [4.78, 5) is 38.0. The predicted molar refractivity (Wildman–Crippen MR) is 155 cm³/mol. The molecule has 3 aromatic carbocycles. The Kier molecular flexibility index (Phi) is 9.31. The first-order chi connectivity index (χ1) is 19.3. The number of carbonyl (C=O) groups is 3. The molecule has 4 rings (SSSR count). The Labute approximate surface area is 246 Å². The van der Waals surface area contributed by atoms with Gasteiger partial charge in [0.2, 0.25) is 0 Å². The predicted octanol–water partition coefficient (Wildman–Crippen LogP) is 5.35. The zero-order chi connectivity index (χ0) is 29.9. The summed E-state index contributed by atoms with van der Waals surface area (Å²) in [7, 11) is -3.50. The van der Waals surface area contributed by atoms with Crippen LogP contribution in [0, 0.1) is 11.7 Å². The van der Waals surface area contributed by atoms with Gasteiger partial charge in [-0.1, -0.05) is 53.5 Å². The van der Waals surface area contributed by atoms with Crippen LogP contribution in [0.1, 0.15) is 39.0 Å². The van der Waals surface area contributed by atoms with Gasteiger partial charge in [0, 0.05) is 24.2 Å². The van der Waals surface area contributed by atoms with Crippen molar-refractivity contribution in [3.8, 4) is 0 Å². The molecule has 2 N–H and O–H groups in total. The molecule has 7 nitrogen and oxygen atoms in total. The minimum Gasteiger partial charge on any atom is -0.480 e. The lowest BCUT2D eigenvalue weighted by molar-refractivity contribution is -0.139. The number of amides is 1. The summed E-state index contributed by atoms with van der Waals surface area (Å²) in [6.45, 7) is 0. The van der Waals surface area contributed by atoms with E-state index in [1.165, 1.54) is 36.4 Å². The second-order valence-electron chi connectivity index (χ2n) is 9.87. The van der Waals surface area contributed by atoms with Gasteiger partial charge in [-0.05, 0) is 72.4 Å². The van der Waals surface area contributed by atoms with Crippen molar-refractivity contribution in [1.29, 1.82) is 0 Å². The number of rotatable bonds is 9. The topological polar surface area (TPSA) is 118 Å². The number of fused-ring (bicyclic) bond motifs is 1. The maximum atomic E-state index is 13.9. The molecular weight excluding hydrogens is 592 g/mol. The highest BCUT2D eigenvalue weighted by atomic mass is 35.5. The minimum atomic E-state index is -3.50. The van der Waals surface area contributed by atoms with Gasteiger partial charge in [-0.2, -0.15) is 0 Å². The number of aliphatic carboxylic acids is 1. The molecule has 1 amide bonds. The number of benzene rings is 3. The van der Waals surface area contributed by atoms with Gasteiger partial charge < -0.3 is 10.4 Å². The van der Waals surface area contributed by atoms with Crippen molar-refractivity contribution < 1.29 is 32.3 Å². The number of ketones is 1. The largest absolute Gasteiger partial charge is 0.480 e. The lowest BCUT2D eigenvalue weighted by Crippen LogP contribution is -2.42.